The normalized spacial score (nSPS) is 12.7. The average Bonchev–Trinajstić information content (AvgIpc) is 2.69. The van der Waals surface area contributed by atoms with Gasteiger partial charge in [-0.05, 0) is 30.7 Å². The van der Waals surface area contributed by atoms with Crippen molar-refractivity contribution >= 4 is 27.3 Å². The molecule has 0 saturated carbocycles. The van der Waals surface area contributed by atoms with Crippen LogP contribution in [-0.2, 0) is 0 Å². The van der Waals surface area contributed by atoms with E-state index in [1.54, 1.807) is 0 Å². The molecule has 2 N–H and O–H groups in total. The first-order valence-electron chi connectivity index (χ1n) is 5.23. The Bertz CT molecular complexity index is 478. The zero-order chi connectivity index (χ0) is 11.5. The molecule has 16 heavy (non-hydrogen) atoms. The second-order valence-corrected chi connectivity index (χ2v) is 5.93. The molecule has 0 saturated heterocycles. The van der Waals surface area contributed by atoms with E-state index in [9.17, 15) is 0 Å². The van der Waals surface area contributed by atoms with Crippen LogP contribution in [0.5, 0.6) is 0 Å². The molecule has 1 heterocycles. The van der Waals surface area contributed by atoms with Gasteiger partial charge in [0.25, 0.3) is 0 Å². The van der Waals surface area contributed by atoms with Crippen molar-refractivity contribution in [2.75, 3.05) is 6.54 Å². The summed E-state index contributed by atoms with van der Waals surface area (Å²) in [6.45, 7) is 2.77. The van der Waals surface area contributed by atoms with Crippen molar-refractivity contribution in [1.82, 2.24) is 0 Å². The van der Waals surface area contributed by atoms with Crippen LogP contribution in [0, 0.1) is 6.92 Å². The lowest BCUT2D eigenvalue weighted by atomic mass is 9.98. The summed E-state index contributed by atoms with van der Waals surface area (Å²) < 4.78 is 1.14. The van der Waals surface area contributed by atoms with E-state index in [-0.39, 0.29) is 0 Å². The molecule has 0 aliphatic heterocycles. The Balaban J connectivity index is 2.40. The number of benzene rings is 1. The number of aryl methyl sites for hydroxylation is 1. The minimum atomic E-state index is 0.300. The van der Waals surface area contributed by atoms with E-state index in [2.05, 4.69) is 53.2 Å². The number of rotatable bonds is 3. The van der Waals surface area contributed by atoms with E-state index < -0.39 is 0 Å². The van der Waals surface area contributed by atoms with Gasteiger partial charge in [-0.1, -0.05) is 34.1 Å². The predicted octanol–water partition coefficient (Wildman–Crippen LogP) is 3.91. The highest BCUT2D eigenvalue weighted by Crippen LogP contribution is 2.33. The van der Waals surface area contributed by atoms with E-state index in [1.165, 1.54) is 15.3 Å². The zero-order valence-electron chi connectivity index (χ0n) is 9.11. The third-order valence-corrected chi connectivity index (χ3v) is 4.46. The summed E-state index contributed by atoms with van der Waals surface area (Å²) in [5.41, 5.74) is 7.17. The summed E-state index contributed by atoms with van der Waals surface area (Å²) in [4.78, 5) is 2.67. The third kappa shape index (κ3) is 2.37. The third-order valence-electron chi connectivity index (χ3n) is 2.62. The van der Waals surface area contributed by atoms with Gasteiger partial charge in [-0.25, -0.2) is 0 Å². The van der Waals surface area contributed by atoms with Gasteiger partial charge in [-0.3, -0.25) is 0 Å². The fraction of sp³-hybridized carbons (Fsp3) is 0.231. The molecule has 0 bridgehead atoms. The molecule has 1 aromatic heterocycles. The van der Waals surface area contributed by atoms with Crippen molar-refractivity contribution in [2.45, 2.75) is 12.8 Å². The molecule has 1 unspecified atom stereocenters. The predicted molar refractivity (Wildman–Crippen MR) is 74.1 cm³/mol. The summed E-state index contributed by atoms with van der Waals surface area (Å²) in [6, 6.07) is 12.6. The molecule has 0 fully saturated rings. The smallest absolute Gasteiger partial charge is 0.0317 e. The highest BCUT2D eigenvalue weighted by Gasteiger charge is 2.16. The number of nitrogens with two attached hydrogens (primary N) is 1. The Morgan fingerprint density at radius 1 is 1.25 bits per heavy atom. The van der Waals surface area contributed by atoms with Crippen molar-refractivity contribution < 1.29 is 0 Å². The highest BCUT2D eigenvalue weighted by atomic mass is 79.9. The number of halogens is 1. The Hall–Kier alpha value is -0.640. The topological polar surface area (TPSA) is 26.0 Å². The monoisotopic (exact) mass is 295 g/mol. The van der Waals surface area contributed by atoms with Crippen LogP contribution in [-0.4, -0.2) is 6.54 Å². The quantitative estimate of drug-likeness (QED) is 0.913. The van der Waals surface area contributed by atoms with Crippen LogP contribution < -0.4 is 5.73 Å². The van der Waals surface area contributed by atoms with Gasteiger partial charge in [0.2, 0.25) is 0 Å². The Kier molecular flexibility index (Phi) is 3.79. The summed E-state index contributed by atoms with van der Waals surface area (Å²) >= 11 is 5.41. The SMILES string of the molecule is Cc1ccc(C(CN)c2ccccc2Br)s1. The Labute approximate surface area is 108 Å². The first-order valence-corrected chi connectivity index (χ1v) is 6.84. The lowest BCUT2D eigenvalue weighted by Gasteiger charge is -2.15. The van der Waals surface area contributed by atoms with E-state index in [1.807, 2.05) is 17.4 Å². The number of hydrogen-bond acceptors (Lipinski definition) is 2. The van der Waals surface area contributed by atoms with Crippen LogP contribution in [0.3, 0.4) is 0 Å². The van der Waals surface area contributed by atoms with Crippen molar-refractivity contribution in [3.63, 3.8) is 0 Å². The van der Waals surface area contributed by atoms with Crippen molar-refractivity contribution in [3.05, 3.63) is 56.2 Å². The van der Waals surface area contributed by atoms with E-state index in [4.69, 9.17) is 5.73 Å². The Morgan fingerprint density at radius 2 is 2.00 bits per heavy atom. The van der Waals surface area contributed by atoms with Crippen LogP contribution in [0.25, 0.3) is 0 Å². The first-order chi connectivity index (χ1) is 7.72. The fourth-order valence-electron chi connectivity index (χ4n) is 1.79. The molecule has 2 rings (SSSR count). The second-order valence-electron chi connectivity index (χ2n) is 3.76. The van der Waals surface area contributed by atoms with Gasteiger partial charge in [0.15, 0.2) is 0 Å². The standard InChI is InChI=1S/C13H14BrNS/c1-9-6-7-13(16-9)11(8-15)10-4-2-3-5-12(10)14/h2-7,11H,8,15H2,1H3. The average molecular weight is 296 g/mol. The molecular formula is C13H14BrNS. The maximum Gasteiger partial charge on any atom is 0.0317 e. The molecule has 1 nitrogen and oxygen atoms in total. The van der Waals surface area contributed by atoms with Gasteiger partial charge in [0, 0.05) is 26.7 Å². The van der Waals surface area contributed by atoms with Gasteiger partial charge in [-0.15, -0.1) is 11.3 Å². The summed E-state index contributed by atoms with van der Waals surface area (Å²) in [7, 11) is 0. The fourth-order valence-corrected chi connectivity index (χ4v) is 3.37. The molecule has 0 aliphatic rings. The van der Waals surface area contributed by atoms with E-state index >= 15 is 0 Å². The highest BCUT2D eigenvalue weighted by molar-refractivity contribution is 9.10. The molecule has 0 amide bonds. The molecular weight excluding hydrogens is 282 g/mol. The van der Waals surface area contributed by atoms with E-state index in [0.717, 1.165) is 4.47 Å². The molecule has 3 heteroatoms. The lowest BCUT2D eigenvalue weighted by Crippen LogP contribution is -2.13. The molecule has 1 atom stereocenters. The molecule has 0 spiro atoms. The van der Waals surface area contributed by atoms with Crippen molar-refractivity contribution in [1.29, 1.82) is 0 Å². The molecule has 0 aliphatic carbocycles. The van der Waals surface area contributed by atoms with Gasteiger partial charge < -0.3 is 5.73 Å². The molecule has 84 valence electrons. The Morgan fingerprint density at radius 3 is 2.56 bits per heavy atom. The molecule has 1 aromatic carbocycles. The number of hydrogen-bond donors (Lipinski definition) is 1. The van der Waals surface area contributed by atoms with Crippen LogP contribution in [0.2, 0.25) is 0 Å². The van der Waals surface area contributed by atoms with Crippen LogP contribution in [0.1, 0.15) is 21.2 Å². The summed E-state index contributed by atoms with van der Waals surface area (Å²) in [5, 5.41) is 0. The molecule has 2 aromatic rings. The van der Waals surface area contributed by atoms with Gasteiger partial charge >= 0.3 is 0 Å². The van der Waals surface area contributed by atoms with Crippen molar-refractivity contribution in [3.8, 4) is 0 Å². The van der Waals surface area contributed by atoms with Gasteiger partial charge in [0.1, 0.15) is 0 Å². The maximum absolute atomic E-state index is 5.90. The van der Waals surface area contributed by atoms with Crippen molar-refractivity contribution in [2.24, 2.45) is 5.73 Å². The van der Waals surface area contributed by atoms with Crippen LogP contribution in [0.4, 0.5) is 0 Å². The summed E-state index contributed by atoms with van der Waals surface area (Å²) in [5.74, 6) is 0.300. The first kappa shape index (κ1) is 11.8. The lowest BCUT2D eigenvalue weighted by molar-refractivity contribution is 0.831. The van der Waals surface area contributed by atoms with Gasteiger partial charge in [-0.2, -0.15) is 0 Å². The maximum atomic E-state index is 5.90. The largest absolute Gasteiger partial charge is 0.329 e. The minimum absolute atomic E-state index is 0.300. The van der Waals surface area contributed by atoms with Crippen LogP contribution in [0.15, 0.2) is 40.9 Å². The minimum Gasteiger partial charge on any atom is -0.329 e. The second kappa shape index (κ2) is 5.13. The summed E-state index contributed by atoms with van der Waals surface area (Å²) in [6.07, 6.45) is 0. The zero-order valence-corrected chi connectivity index (χ0v) is 11.5. The van der Waals surface area contributed by atoms with E-state index in [0.29, 0.717) is 12.5 Å². The number of thiophene rings is 1. The van der Waals surface area contributed by atoms with Gasteiger partial charge in [0.05, 0.1) is 0 Å². The molecule has 0 radical (unpaired) electrons. The van der Waals surface area contributed by atoms with Crippen LogP contribution >= 0.6 is 27.3 Å².